The summed E-state index contributed by atoms with van der Waals surface area (Å²) in [6, 6.07) is 8.83. The lowest BCUT2D eigenvalue weighted by atomic mass is 10.2. The molecule has 14 nitrogen and oxygen atoms in total. The first-order chi connectivity index (χ1) is 21.7. The van der Waals surface area contributed by atoms with Gasteiger partial charge in [0.25, 0.3) is 0 Å². The Morgan fingerprint density at radius 1 is 0.409 bits per heavy atom. The average molecular weight is 635 g/mol. The molecule has 44 heavy (non-hydrogen) atoms. The first kappa shape index (κ1) is 39.8. The lowest BCUT2D eigenvalue weighted by molar-refractivity contribution is -0.138. The predicted molar refractivity (Wildman–Crippen MR) is 157 cm³/mol. The number of carboxylic acids is 1. The van der Waals surface area contributed by atoms with Crippen LogP contribution in [0.2, 0.25) is 0 Å². The van der Waals surface area contributed by atoms with Gasteiger partial charge < -0.3 is 57.2 Å². The van der Waals surface area contributed by atoms with Crippen LogP contribution in [-0.2, 0) is 56.9 Å². The molecule has 0 amide bonds. The van der Waals surface area contributed by atoms with Crippen LogP contribution >= 0.6 is 0 Å². The number of ether oxygens (including phenoxy) is 11. The molecule has 0 aliphatic carbocycles. The van der Waals surface area contributed by atoms with Gasteiger partial charge in [0.05, 0.1) is 144 Å². The van der Waals surface area contributed by atoms with E-state index in [0.29, 0.717) is 131 Å². The Hall–Kier alpha value is -2.24. The van der Waals surface area contributed by atoms with E-state index in [-0.39, 0.29) is 25.6 Å². The quantitative estimate of drug-likeness (QED) is 0.0859. The molecule has 0 saturated carbocycles. The molecule has 0 bridgehead atoms. The van der Waals surface area contributed by atoms with Crippen molar-refractivity contribution in [3.63, 3.8) is 0 Å². The van der Waals surface area contributed by atoms with E-state index in [2.05, 4.69) is 0 Å². The van der Waals surface area contributed by atoms with Gasteiger partial charge in [-0.2, -0.15) is 0 Å². The summed E-state index contributed by atoms with van der Waals surface area (Å²) >= 11 is 0. The molecular weight excluding hydrogens is 584 g/mol. The Morgan fingerprint density at radius 3 is 0.977 bits per heavy atom. The molecule has 0 aliphatic heterocycles. The molecule has 0 aliphatic rings. The van der Waals surface area contributed by atoms with E-state index in [9.17, 15) is 9.59 Å². The lowest BCUT2D eigenvalue weighted by Crippen LogP contribution is -2.15. The maximum atomic E-state index is 11.8. The minimum absolute atomic E-state index is 0.00563. The molecule has 0 unspecified atom stereocenters. The van der Waals surface area contributed by atoms with Crippen LogP contribution in [0, 0.1) is 0 Å². The fraction of sp³-hybridized carbons (Fsp3) is 0.733. The highest BCUT2D eigenvalue weighted by Crippen LogP contribution is 2.00. The first-order valence-electron chi connectivity index (χ1n) is 14.9. The fourth-order valence-electron chi connectivity index (χ4n) is 3.09. The zero-order valence-electron chi connectivity index (χ0n) is 25.7. The lowest BCUT2D eigenvalue weighted by Gasteiger charge is -2.09. The monoisotopic (exact) mass is 634 g/mol. The molecule has 1 N–H and O–H groups in total. The van der Waals surface area contributed by atoms with Crippen LogP contribution in [0.4, 0.5) is 0 Å². The van der Waals surface area contributed by atoms with Crippen molar-refractivity contribution in [1.82, 2.24) is 0 Å². The molecule has 1 rings (SSSR count). The maximum absolute atomic E-state index is 11.8. The maximum Gasteiger partial charge on any atom is 0.338 e. The van der Waals surface area contributed by atoms with Gasteiger partial charge in [0.1, 0.15) is 6.61 Å². The topological polar surface area (TPSA) is 156 Å². The average Bonchev–Trinajstić information content (AvgIpc) is 3.03. The SMILES string of the molecule is O=C(O)CCOCCOCCOCCOCCOCCOCCOCCOCCOCCOCCOC(=O)c1ccccc1. The van der Waals surface area contributed by atoms with Crippen molar-refractivity contribution in [2.45, 2.75) is 6.42 Å². The Bertz CT molecular complexity index is 767. The van der Waals surface area contributed by atoms with Gasteiger partial charge in [-0.25, -0.2) is 4.79 Å². The molecule has 0 aromatic heterocycles. The Morgan fingerprint density at radius 2 is 0.682 bits per heavy atom. The van der Waals surface area contributed by atoms with Crippen molar-refractivity contribution in [2.24, 2.45) is 0 Å². The minimum atomic E-state index is -0.877. The van der Waals surface area contributed by atoms with Crippen LogP contribution in [0.25, 0.3) is 0 Å². The van der Waals surface area contributed by atoms with Crippen molar-refractivity contribution in [1.29, 1.82) is 0 Å². The van der Waals surface area contributed by atoms with E-state index in [1.54, 1.807) is 24.3 Å². The van der Waals surface area contributed by atoms with Crippen LogP contribution in [0.5, 0.6) is 0 Å². The second-order valence-electron chi connectivity index (χ2n) is 8.77. The van der Waals surface area contributed by atoms with Gasteiger partial charge in [0.2, 0.25) is 0 Å². The van der Waals surface area contributed by atoms with Gasteiger partial charge in [0.15, 0.2) is 0 Å². The normalized spacial score (nSPS) is 11.2. The van der Waals surface area contributed by atoms with Gasteiger partial charge in [-0.3, -0.25) is 4.79 Å². The second kappa shape index (κ2) is 32.2. The summed E-state index contributed by atoms with van der Waals surface area (Å²) in [7, 11) is 0. The summed E-state index contributed by atoms with van der Waals surface area (Å²) in [5.74, 6) is -1.24. The van der Waals surface area contributed by atoms with Crippen LogP contribution in [-0.4, -0.2) is 156 Å². The second-order valence-corrected chi connectivity index (χ2v) is 8.77. The first-order valence-corrected chi connectivity index (χ1v) is 14.9. The number of carbonyl (C=O) groups is 2. The summed E-state index contributed by atoms with van der Waals surface area (Å²) in [5, 5.41) is 8.48. The molecule has 0 saturated heterocycles. The van der Waals surface area contributed by atoms with Crippen molar-refractivity contribution in [3.05, 3.63) is 35.9 Å². The van der Waals surface area contributed by atoms with Crippen LogP contribution < -0.4 is 0 Å². The number of esters is 1. The Labute approximate surface area is 260 Å². The van der Waals surface area contributed by atoms with Crippen LogP contribution in [0.15, 0.2) is 30.3 Å². The molecule has 1 aromatic rings. The number of hydrogen-bond donors (Lipinski definition) is 1. The van der Waals surface area contributed by atoms with Crippen molar-refractivity contribution < 1.29 is 66.8 Å². The number of rotatable bonds is 34. The number of hydrogen-bond acceptors (Lipinski definition) is 13. The summed E-state index contributed by atoms with van der Waals surface area (Å²) in [6.45, 7) is 8.89. The van der Waals surface area contributed by atoms with Crippen molar-refractivity contribution >= 4 is 11.9 Å². The zero-order chi connectivity index (χ0) is 31.6. The van der Waals surface area contributed by atoms with E-state index in [1.165, 1.54) is 0 Å². The zero-order valence-corrected chi connectivity index (χ0v) is 25.7. The standard InChI is InChI=1S/C30H50O14/c31-29(32)6-7-34-8-9-35-10-11-36-12-13-37-14-15-38-16-17-39-18-19-40-20-21-41-22-23-42-24-25-43-26-27-44-30(33)28-4-2-1-3-5-28/h1-5H,6-27H2,(H,31,32). The van der Waals surface area contributed by atoms with Gasteiger partial charge in [-0.05, 0) is 12.1 Å². The molecule has 1 aromatic carbocycles. The van der Waals surface area contributed by atoms with E-state index in [4.69, 9.17) is 57.2 Å². The highest BCUT2D eigenvalue weighted by Gasteiger charge is 2.05. The number of carboxylic acid groups (broad SMARTS) is 1. The smallest absolute Gasteiger partial charge is 0.338 e. The number of aliphatic carboxylic acids is 1. The van der Waals surface area contributed by atoms with E-state index >= 15 is 0 Å². The molecule has 14 heteroatoms. The Balaban J connectivity index is 1.64. The molecule has 254 valence electrons. The molecule has 0 heterocycles. The summed E-state index contributed by atoms with van der Waals surface area (Å²) in [6.07, 6.45) is -0.00563. The number of benzene rings is 1. The molecule has 0 spiro atoms. The third-order valence-electron chi connectivity index (χ3n) is 5.28. The van der Waals surface area contributed by atoms with Crippen LogP contribution in [0.1, 0.15) is 16.8 Å². The third-order valence-corrected chi connectivity index (χ3v) is 5.28. The van der Waals surface area contributed by atoms with Crippen LogP contribution in [0.3, 0.4) is 0 Å². The Kier molecular flexibility index (Phi) is 29.1. The highest BCUT2D eigenvalue weighted by molar-refractivity contribution is 5.89. The molecule has 0 fully saturated rings. The fourth-order valence-corrected chi connectivity index (χ4v) is 3.09. The van der Waals surface area contributed by atoms with Gasteiger partial charge in [-0.15, -0.1) is 0 Å². The van der Waals surface area contributed by atoms with Gasteiger partial charge in [0, 0.05) is 0 Å². The third kappa shape index (κ3) is 28.5. The van der Waals surface area contributed by atoms with E-state index in [0.717, 1.165) is 0 Å². The van der Waals surface area contributed by atoms with E-state index < -0.39 is 5.97 Å². The highest BCUT2D eigenvalue weighted by atomic mass is 16.6. The van der Waals surface area contributed by atoms with E-state index in [1.807, 2.05) is 6.07 Å². The summed E-state index contributed by atoms with van der Waals surface area (Å²) in [5.41, 5.74) is 0.520. The molecule has 0 atom stereocenters. The summed E-state index contributed by atoms with van der Waals surface area (Å²) in [4.78, 5) is 22.1. The minimum Gasteiger partial charge on any atom is -0.481 e. The van der Waals surface area contributed by atoms with Crippen molar-refractivity contribution in [3.8, 4) is 0 Å². The molecular formula is C30H50O14. The number of carbonyl (C=O) groups excluding carboxylic acids is 1. The molecule has 0 radical (unpaired) electrons. The van der Waals surface area contributed by atoms with Gasteiger partial charge in [-0.1, -0.05) is 18.2 Å². The predicted octanol–water partition coefficient (Wildman–Crippen LogP) is 1.48. The van der Waals surface area contributed by atoms with Gasteiger partial charge >= 0.3 is 11.9 Å². The summed E-state index contributed by atoms with van der Waals surface area (Å²) < 4.78 is 58.9. The largest absolute Gasteiger partial charge is 0.481 e. The van der Waals surface area contributed by atoms with Crippen molar-refractivity contribution in [2.75, 3.05) is 139 Å².